The second kappa shape index (κ2) is 6.70. The Balaban J connectivity index is 1.92. The fourth-order valence-electron chi connectivity index (χ4n) is 2.04. The van der Waals surface area contributed by atoms with Crippen LogP contribution in [0.25, 0.3) is 22.2 Å². The summed E-state index contributed by atoms with van der Waals surface area (Å²) in [5.41, 5.74) is 1.73. The molecule has 0 saturated heterocycles. The van der Waals surface area contributed by atoms with Crippen LogP contribution in [0.2, 0.25) is 0 Å². The third kappa shape index (κ3) is 3.29. The molecule has 23 heavy (non-hydrogen) atoms. The van der Waals surface area contributed by atoms with Crippen molar-refractivity contribution in [1.82, 2.24) is 15.1 Å². The molecule has 1 aromatic carbocycles. The number of aromatic nitrogens is 3. The lowest BCUT2D eigenvalue weighted by atomic mass is 10.2. The molecular weight excluding hydrogens is 312 g/mol. The van der Waals surface area contributed by atoms with Gasteiger partial charge in [-0.2, -0.15) is 4.98 Å². The number of carbonyl (C=O) groups is 1. The van der Waals surface area contributed by atoms with E-state index >= 15 is 0 Å². The van der Waals surface area contributed by atoms with Crippen LogP contribution in [0, 0.1) is 0 Å². The first-order valence-corrected chi connectivity index (χ1v) is 8.22. The predicted octanol–water partition coefficient (Wildman–Crippen LogP) is 3.77. The van der Waals surface area contributed by atoms with Crippen molar-refractivity contribution in [3.8, 4) is 22.2 Å². The molecular formula is C16H16N4O2S. The molecule has 0 aliphatic carbocycles. The van der Waals surface area contributed by atoms with E-state index in [0.29, 0.717) is 23.3 Å². The number of amides is 1. The molecule has 6 nitrogen and oxygen atoms in total. The Kier molecular flexibility index (Phi) is 4.47. The summed E-state index contributed by atoms with van der Waals surface area (Å²) >= 11 is 1.35. The molecule has 0 unspecified atom stereocenters. The zero-order valence-corrected chi connectivity index (χ0v) is 13.7. The SMILES string of the molecule is CCC(=O)Nc1nc(CC)c(-c2nc(-c3ccccc3)no2)s1. The Bertz CT molecular complexity index is 811. The lowest BCUT2D eigenvalue weighted by Crippen LogP contribution is -2.08. The first-order valence-electron chi connectivity index (χ1n) is 7.40. The summed E-state index contributed by atoms with van der Waals surface area (Å²) in [6.07, 6.45) is 1.13. The maximum Gasteiger partial charge on any atom is 0.270 e. The average Bonchev–Trinajstić information content (AvgIpc) is 3.22. The molecule has 0 radical (unpaired) electrons. The van der Waals surface area contributed by atoms with Crippen LogP contribution in [0.3, 0.4) is 0 Å². The second-order valence-corrected chi connectivity index (χ2v) is 5.84. The fourth-order valence-corrected chi connectivity index (χ4v) is 3.03. The van der Waals surface area contributed by atoms with Crippen molar-refractivity contribution in [3.63, 3.8) is 0 Å². The van der Waals surface area contributed by atoms with Gasteiger partial charge in [0.05, 0.1) is 5.69 Å². The van der Waals surface area contributed by atoms with Crippen molar-refractivity contribution in [2.75, 3.05) is 5.32 Å². The average molecular weight is 328 g/mol. The van der Waals surface area contributed by atoms with Gasteiger partial charge in [0.25, 0.3) is 5.89 Å². The topological polar surface area (TPSA) is 80.9 Å². The van der Waals surface area contributed by atoms with E-state index in [1.54, 1.807) is 6.92 Å². The number of hydrogen-bond donors (Lipinski definition) is 1. The summed E-state index contributed by atoms with van der Waals surface area (Å²) in [4.78, 5) is 21.2. The Morgan fingerprint density at radius 1 is 1.22 bits per heavy atom. The highest BCUT2D eigenvalue weighted by Crippen LogP contribution is 2.33. The molecule has 1 N–H and O–H groups in total. The first-order chi connectivity index (χ1) is 11.2. The monoisotopic (exact) mass is 328 g/mol. The molecule has 3 rings (SSSR count). The van der Waals surface area contributed by atoms with E-state index in [1.165, 1.54) is 11.3 Å². The van der Waals surface area contributed by atoms with E-state index < -0.39 is 0 Å². The van der Waals surface area contributed by atoms with Gasteiger partial charge in [0.1, 0.15) is 4.88 Å². The minimum Gasteiger partial charge on any atom is -0.333 e. The largest absolute Gasteiger partial charge is 0.333 e. The van der Waals surface area contributed by atoms with Gasteiger partial charge in [0.15, 0.2) is 5.13 Å². The summed E-state index contributed by atoms with van der Waals surface area (Å²) in [6.45, 7) is 3.80. The van der Waals surface area contributed by atoms with E-state index in [9.17, 15) is 4.79 Å². The van der Waals surface area contributed by atoms with Gasteiger partial charge >= 0.3 is 0 Å². The van der Waals surface area contributed by atoms with Crippen molar-refractivity contribution < 1.29 is 9.32 Å². The number of nitrogens with one attached hydrogen (secondary N) is 1. The number of anilines is 1. The van der Waals surface area contributed by atoms with Crippen molar-refractivity contribution in [2.24, 2.45) is 0 Å². The molecule has 0 aliphatic heterocycles. The third-order valence-corrected chi connectivity index (χ3v) is 4.25. The highest BCUT2D eigenvalue weighted by Gasteiger charge is 2.19. The Hall–Kier alpha value is -2.54. The zero-order valence-electron chi connectivity index (χ0n) is 12.9. The number of thiazole rings is 1. The van der Waals surface area contributed by atoms with Crippen LogP contribution in [0.1, 0.15) is 26.0 Å². The molecule has 0 spiro atoms. The minimum atomic E-state index is -0.0662. The number of carbonyl (C=O) groups excluding carboxylic acids is 1. The Labute approximate surface area is 137 Å². The van der Waals surface area contributed by atoms with Gasteiger partial charge in [0, 0.05) is 12.0 Å². The second-order valence-electron chi connectivity index (χ2n) is 4.84. The van der Waals surface area contributed by atoms with Crippen LogP contribution in [0.4, 0.5) is 5.13 Å². The van der Waals surface area contributed by atoms with Gasteiger partial charge in [-0.15, -0.1) is 0 Å². The van der Waals surface area contributed by atoms with E-state index in [2.05, 4.69) is 20.4 Å². The number of nitrogens with zero attached hydrogens (tertiary/aromatic N) is 3. The summed E-state index contributed by atoms with van der Waals surface area (Å²) in [5.74, 6) is 0.897. The summed E-state index contributed by atoms with van der Waals surface area (Å²) in [7, 11) is 0. The number of rotatable bonds is 5. The molecule has 0 aliphatic rings. The van der Waals surface area contributed by atoms with Crippen LogP contribution < -0.4 is 5.32 Å². The van der Waals surface area contributed by atoms with Gasteiger partial charge in [-0.05, 0) is 6.42 Å². The van der Waals surface area contributed by atoms with Crippen molar-refractivity contribution in [3.05, 3.63) is 36.0 Å². The Morgan fingerprint density at radius 2 is 2.00 bits per heavy atom. The van der Waals surface area contributed by atoms with Crippen molar-refractivity contribution in [2.45, 2.75) is 26.7 Å². The summed E-state index contributed by atoms with van der Waals surface area (Å²) in [5, 5.41) is 7.36. The van der Waals surface area contributed by atoms with E-state index in [4.69, 9.17) is 4.52 Å². The maximum atomic E-state index is 11.5. The van der Waals surface area contributed by atoms with Crippen LogP contribution in [0.5, 0.6) is 0 Å². The molecule has 7 heteroatoms. The van der Waals surface area contributed by atoms with Crippen LogP contribution >= 0.6 is 11.3 Å². The molecule has 0 fully saturated rings. The molecule has 2 heterocycles. The lowest BCUT2D eigenvalue weighted by Gasteiger charge is -1.95. The van der Waals surface area contributed by atoms with Gasteiger partial charge in [-0.3, -0.25) is 4.79 Å². The highest BCUT2D eigenvalue weighted by molar-refractivity contribution is 7.19. The van der Waals surface area contributed by atoms with Gasteiger partial charge in [-0.25, -0.2) is 4.98 Å². The van der Waals surface area contributed by atoms with Gasteiger partial charge in [-0.1, -0.05) is 60.7 Å². The number of hydrogen-bond acceptors (Lipinski definition) is 6. The summed E-state index contributed by atoms with van der Waals surface area (Å²) in [6, 6.07) is 9.64. The van der Waals surface area contributed by atoms with Crippen LogP contribution in [0.15, 0.2) is 34.9 Å². The van der Waals surface area contributed by atoms with Crippen LogP contribution in [-0.4, -0.2) is 21.0 Å². The maximum absolute atomic E-state index is 11.5. The molecule has 3 aromatic rings. The number of aryl methyl sites for hydroxylation is 1. The number of benzene rings is 1. The smallest absolute Gasteiger partial charge is 0.270 e. The third-order valence-electron chi connectivity index (χ3n) is 3.25. The predicted molar refractivity (Wildman–Crippen MR) is 89.1 cm³/mol. The van der Waals surface area contributed by atoms with Crippen molar-refractivity contribution in [1.29, 1.82) is 0 Å². The van der Waals surface area contributed by atoms with Crippen molar-refractivity contribution >= 4 is 22.4 Å². The van der Waals surface area contributed by atoms with Gasteiger partial charge in [0.2, 0.25) is 11.7 Å². The Morgan fingerprint density at radius 3 is 2.70 bits per heavy atom. The fraction of sp³-hybridized carbons (Fsp3) is 0.250. The first kappa shape index (κ1) is 15.4. The normalized spacial score (nSPS) is 10.7. The summed E-state index contributed by atoms with van der Waals surface area (Å²) < 4.78 is 5.39. The molecule has 0 saturated carbocycles. The van der Waals surface area contributed by atoms with E-state index in [0.717, 1.165) is 22.6 Å². The standard InChI is InChI=1S/C16H16N4O2S/c1-3-11-13(23-16(17-11)18-12(21)4-2)15-19-14(20-22-15)10-8-6-5-7-9-10/h5-9H,3-4H2,1-2H3,(H,17,18,21). The lowest BCUT2D eigenvalue weighted by molar-refractivity contribution is -0.115. The van der Waals surface area contributed by atoms with E-state index in [-0.39, 0.29) is 5.91 Å². The molecule has 118 valence electrons. The quantitative estimate of drug-likeness (QED) is 0.771. The molecule has 0 bridgehead atoms. The van der Waals surface area contributed by atoms with Crippen LogP contribution in [-0.2, 0) is 11.2 Å². The molecule has 1 amide bonds. The van der Waals surface area contributed by atoms with Gasteiger partial charge < -0.3 is 9.84 Å². The molecule has 2 aromatic heterocycles. The molecule has 0 atom stereocenters. The minimum absolute atomic E-state index is 0.0662. The van der Waals surface area contributed by atoms with E-state index in [1.807, 2.05) is 37.3 Å². The highest BCUT2D eigenvalue weighted by atomic mass is 32.1. The zero-order chi connectivity index (χ0) is 16.2.